The van der Waals surface area contributed by atoms with Gasteiger partial charge in [-0.05, 0) is 13.8 Å². The Morgan fingerprint density at radius 2 is 2.11 bits per heavy atom. The van der Waals surface area contributed by atoms with E-state index in [1.54, 1.807) is 11.7 Å². The maximum Gasteiger partial charge on any atom is 0.323 e. The lowest BCUT2D eigenvalue weighted by molar-refractivity contribution is -0.143. The molecule has 1 rings (SSSR count). The predicted molar refractivity (Wildman–Crippen MR) is 69.4 cm³/mol. The smallest absolute Gasteiger partial charge is 0.323 e. The summed E-state index contributed by atoms with van der Waals surface area (Å²) in [4.78, 5) is 23.9. The summed E-state index contributed by atoms with van der Waals surface area (Å²) in [7, 11) is 1.80. The summed E-state index contributed by atoms with van der Waals surface area (Å²) in [5.41, 5.74) is 2.48. The fourth-order valence-electron chi connectivity index (χ4n) is 1.84. The third kappa shape index (κ3) is 3.58. The molecule has 102 valence electrons. The lowest BCUT2D eigenvalue weighted by Gasteiger charge is -2.17. The van der Waals surface area contributed by atoms with Crippen molar-refractivity contribution in [2.45, 2.75) is 20.3 Å². The van der Waals surface area contributed by atoms with E-state index in [0.717, 1.165) is 21.9 Å². The summed E-state index contributed by atoms with van der Waals surface area (Å²) in [6.07, 6.45) is 5.26. The highest BCUT2D eigenvalue weighted by atomic mass is 16.4. The molecule has 1 N–H and O–H groups in total. The molecule has 1 heterocycles. The van der Waals surface area contributed by atoms with Gasteiger partial charge in [0.25, 0.3) is 0 Å². The van der Waals surface area contributed by atoms with Crippen molar-refractivity contribution in [2.24, 2.45) is 7.05 Å². The zero-order valence-corrected chi connectivity index (χ0v) is 11.3. The molecule has 0 atom stereocenters. The molecule has 1 aromatic rings. The van der Waals surface area contributed by atoms with Crippen LogP contribution in [0.25, 0.3) is 0 Å². The summed E-state index contributed by atoms with van der Waals surface area (Å²) in [6, 6.07) is 0. The van der Waals surface area contributed by atoms with Gasteiger partial charge in [-0.3, -0.25) is 14.3 Å². The SMILES string of the molecule is C#CCN(CC(=O)O)C(=O)Cc1c(C)nn(C)c1C. The van der Waals surface area contributed by atoms with E-state index in [1.807, 2.05) is 13.8 Å². The highest BCUT2D eigenvalue weighted by Gasteiger charge is 2.19. The molecular weight excluding hydrogens is 246 g/mol. The Morgan fingerprint density at radius 1 is 1.47 bits per heavy atom. The zero-order valence-electron chi connectivity index (χ0n) is 11.3. The molecule has 0 radical (unpaired) electrons. The number of hydrogen-bond donors (Lipinski definition) is 1. The van der Waals surface area contributed by atoms with Crippen LogP contribution in [-0.2, 0) is 23.1 Å². The molecule has 0 saturated carbocycles. The van der Waals surface area contributed by atoms with Crippen LogP contribution in [0.1, 0.15) is 17.0 Å². The van der Waals surface area contributed by atoms with Crippen LogP contribution in [0.3, 0.4) is 0 Å². The normalized spacial score (nSPS) is 10.0. The van der Waals surface area contributed by atoms with Gasteiger partial charge in [-0.2, -0.15) is 5.10 Å². The van der Waals surface area contributed by atoms with Crippen LogP contribution in [0, 0.1) is 26.2 Å². The van der Waals surface area contributed by atoms with E-state index in [-0.39, 0.29) is 25.4 Å². The first-order valence-electron chi connectivity index (χ1n) is 5.79. The average molecular weight is 263 g/mol. The summed E-state index contributed by atoms with van der Waals surface area (Å²) >= 11 is 0. The highest BCUT2D eigenvalue weighted by Crippen LogP contribution is 2.13. The Balaban J connectivity index is 2.87. The minimum Gasteiger partial charge on any atom is -0.480 e. The van der Waals surface area contributed by atoms with E-state index in [1.165, 1.54) is 0 Å². The van der Waals surface area contributed by atoms with Gasteiger partial charge in [-0.1, -0.05) is 5.92 Å². The lowest BCUT2D eigenvalue weighted by Crippen LogP contribution is -2.37. The number of aromatic nitrogens is 2. The number of carbonyl (C=O) groups is 2. The number of nitrogens with zero attached hydrogens (tertiary/aromatic N) is 3. The van der Waals surface area contributed by atoms with Gasteiger partial charge in [0, 0.05) is 18.3 Å². The van der Waals surface area contributed by atoms with E-state index in [0.29, 0.717) is 0 Å². The van der Waals surface area contributed by atoms with E-state index in [9.17, 15) is 9.59 Å². The number of aliphatic carboxylic acids is 1. The van der Waals surface area contributed by atoms with Crippen molar-refractivity contribution < 1.29 is 14.7 Å². The molecule has 0 aliphatic rings. The van der Waals surface area contributed by atoms with Crippen LogP contribution in [0.4, 0.5) is 0 Å². The molecule has 1 aromatic heterocycles. The van der Waals surface area contributed by atoms with E-state index in [2.05, 4.69) is 11.0 Å². The quantitative estimate of drug-likeness (QED) is 0.766. The van der Waals surface area contributed by atoms with Crippen LogP contribution in [0.5, 0.6) is 0 Å². The fraction of sp³-hybridized carbons (Fsp3) is 0.462. The largest absolute Gasteiger partial charge is 0.480 e. The van der Waals surface area contributed by atoms with Crippen LogP contribution >= 0.6 is 0 Å². The van der Waals surface area contributed by atoms with Crippen LogP contribution < -0.4 is 0 Å². The topological polar surface area (TPSA) is 75.4 Å². The van der Waals surface area contributed by atoms with Gasteiger partial charge in [0.1, 0.15) is 6.54 Å². The maximum atomic E-state index is 12.1. The Kier molecular flexibility index (Phi) is 4.70. The van der Waals surface area contributed by atoms with E-state index in [4.69, 9.17) is 11.5 Å². The fourth-order valence-corrected chi connectivity index (χ4v) is 1.84. The molecule has 0 bridgehead atoms. The number of carboxylic acids is 1. The van der Waals surface area contributed by atoms with Crippen molar-refractivity contribution >= 4 is 11.9 Å². The Labute approximate surface area is 112 Å². The number of amides is 1. The number of carbonyl (C=O) groups excluding carboxylic acids is 1. The Bertz CT molecular complexity index is 540. The van der Waals surface area contributed by atoms with Crippen molar-refractivity contribution in [1.82, 2.24) is 14.7 Å². The third-order valence-electron chi connectivity index (χ3n) is 2.95. The zero-order chi connectivity index (χ0) is 14.6. The van der Waals surface area contributed by atoms with Gasteiger partial charge in [0.2, 0.25) is 5.91 Å². The number of carboxylic acid groups (broad SMARTS) is 1. The molecular formula is C13H17N3O3. The molecule has 0 fully saturated rings. The minimum absolute atomic E-state index is 0.0104. The standard InChI is InChI=1S/C13H17N3O3/c1-5-6-16(8-13(18)19)12(17)7-11-9(2)14-15(4)10(11)3/h1H,6-8H2,2-4H3,(H,18,19). The van der Waals surface area contributed by atoms with Gasteiger partial charge < -0.3 is 10.0 Å². The average Bonchev–Trinajstić information content (AvgIpc) is 2.55. The van der Waals surface area contributed by atoms with Crippen molar-refractivity contribution in [3.63, 3.8) is 0 Å². The minimum atomic E-state index is -1.08. The second-order valence-corrected chi connectivity index (χ2v) is 4.30. The molecule has 0 unspecified atom stereocenters. The van der Waals surface area contributed by atoms with E-state index >= 15 is 0 Å². The molecule has 19 heavy (non-hydrogen) atoms. The molecule has 6 nitrogen and oxygen atoms in total. The number of rotatable bonds is 5. The first-order valence-corrected chi connectivity index (χ1v) is 5.79. The van der Waals surface area contributed by atoms with E-state index < -0.39 is 5.97 Å². The summed E-state index contributed by atoms with van der Waals surface area (Å²) in [5.74, 6) is 0.909. The van der Waals surface area contributed by atoms with Crippen molar-refractivity contribution in [3.05, 3.63) is 17.0 Å². The van der Waals surface area contributed by atoms with Crippen LogP contribution in [0.2, 0.25) is 0 Å². The number of terminal acetylenes is 1. The second kappa shape index (κ2) is 6.05. The first-order chi connectivity index (χ1) is 8.86. The third-order valence-corrected chi connectivity index (χ3v) is 2.95. The molecule has 0 spiro atoms. The van der Waals surface area contributed by atoms with Gasteiger partial charge in [-0.15, -0.1) is 6.42 Å². The van der Waals surface area contributed by atoms with Crippen LogP contribution in [0.15, 0.2) is 0 Å². The molecule has 0 saturated heterocycles. The first kappa shape index (κ1) is 14.8. The van der Waals surface area contributed by atoms with Crippen molar-refractivity contribution in [1.29, 1.82) is 0 Å². The summed E-state index contributed by atoms with van der Waals surface area (Å²) in [5, 5.41) is 13.0. The van der Waals surface area contributed by atoms with Gasteiger partial charge in [-0.25, -0.2) is 0 Å². The van der Waals surface area contributed by atoms with Crippen molar-refractivity contribution in [3.8, 4) is 12.3 Å². The van der Waals surface area contributed by atoms with Gasteiger partial charge in [0.05, 0.1) is 18.7 Å². The Morgan fingerprint density at radius 3 is 2.53 bits per heavy atom. The predicted octanol–water partition coefficient (Wildman–Crippen LogP) is 0.126. The monoisotopic (exact) mass is 263 g/mol. The van der Waals surface area contributed by atoms with Crippen LogP contribution in [-0.4, -0.2) is 44.8 Å². The maximum absolute atomic E-state index is 12.1. The Hall–Kier alpha value is -2.29. The lowest BCUT2D eigenvalue weighted by atomic mass is 10.1. The summed E-state index contributed by atoms with van der Waals surface area (Å²) < 4.78 is 1.70. The number of aryl methyl sites for hydroxylation is 2. The summed E-state index contributed by atoms with van der Waals surface area (Å²) in [6.45, 7) is 3.29. The molecule has 0 aliphatic heterocycles. The van der Waals surface area contributed by atoms with Gasteiger partial charge in [0.15, 0.2) is 0 Å². The second-order valence-electron chi connectivity index (χ2n) is 4.30. The molecule has 6 heteroatoms. The van der Waals surface area contributed by atoms with Crippen molar-refractivity contribution in [2.75, 3.05) is 13.1 Å². The molecule has 0 aromatic carbocycles. The molecule has 0 aliphatic carbocycles. The van der Waals surface area contributed by atoms with Gasteiger partial charge >= 0.3 is 5.97 Å². The molecule has 1 amide bonds. The highest BCUT2D eigenvalue weighted by molar-refractivity contribution is 5.83. The number of hydrogen-bond acceptors (Lipinski definition) is 3.